The van der Waals surface area contributed by atoms with Crippen LogP contribution in [0, 0.1) is 15.5 Å². The van der Waals surface area contributed by atoms with E-state index in [1.165, 1.54) is 7.11 Å². The van der Waals surface area contributed by atoms with Crippen molar-refractivity contribution in [3.05, 3.63) is 45.0 Å². The molecular weight excluding hydrogens is 310 g/mol. The molecule has 2 atom stereocenters. The summed E-state index contributed by atoms with van der Waals surface area (Å²) in [6, 6.07) is 6.42. The van der Waals surface area contributed by atoms with Crippen molar-refractivity contribution < 1.29 is 19.2 Å². The van der Waals surface area contributed by atoms with Gasteiger partial charge in [-0.05, 0) is 30.5 Å². The molecule has 0 unspecified atom stereocenters. The van der Waals surface area contributed by atoms with Gasteiger partial charge in [0.1, 0.15) is 5.41 Å². The summed E-state index contributed by atoms with van der Waals surface area (Å²) in [6.45, 7) is -0.511. The first-order valence-corrected chi connectivity index (χ1v) is 7.28. The summed E-state index contributed by atoms with van der Waals surface area (Å²) in [5.41, 5.74) is -0.933. The fraction of sp³-hybridized carbons (Fsp3) is 0.467. The monoisotopic (exact) mass is 325 g/mol. The van der Waals surface area contributed by atoms with Gasteiger partial charge >= 0.3 is 5.97 Å². The molecule has 118 valence electrons. The molecule has 1 aliphatic carbocycles. The van der Waals surface area contributed by atoms with Crippen LogP contribution < -0.4 is 0 Å². The Labute approximate surface area is 132 Å². The minimum atomic E-state index is -1.48. The van der Waals surface area contributed by atoms with Crippen LogP contribution >= 0.6 is 11.6 Å². The Kier molecular flexibility index (Phi) is 4.81. The van der Waals surface area contributed by atoms with E-state index < -0.39 is 28.8 Å². The smallest absolute Gasteiger partial charge is 0.320 e. The molecule has 2 rings (SSSR count). The Morgan fingerprint density at radius 2 is 2.09 bits per heavy atom. The number of Topliss-reactive ketones (excluding diaryl/α,β-unsaturated/α-hetero) is 1. The van der Waals surface area contributed by atoms with Crippen molar-refractivity contribution in [2.75, 3.05) is 13.7 Å². The van der Waals surface area contributed by atoms with Gasteiger partial charge in [-0.3, -0.25) is 19.7 Å². The van der Waals surface area contributed by atoms with Crippen molar-refractivity contribution in [3.8, 4) is 0 Å². The number of nitro groups is 1. The molecule has 7 heteroatoms. The van der Waals surface area contributed by atoms with E-state index in [2.05, 4.69) is 0 Å². The molecule has 1 fully saturated rings. The molecule has 0 radical (unpaired) electrons. The maximum atomic E-state index is 12.4. The molecule has 1 aliphatic rings. The summed E-state index contributed by atoms with van der Waals surface area (Å²) >= 11 is 5.84. The van der Waals surface area contributed by atoms with E-state index in [1.54, 1.807) is 24.3 Å². The number of hydrogen-bond donors (Lipinski definition) is 0. The first kappa shape index (κ1) is 16.4. The number of halogens is 1. The minimum absolute atomic E-state index is 0.233. The summed E-state index contributed by atoms with van der Waals surface area (Å²) < 4.78 is 4.81. The molecule has 0 bridgehead atoms. The number of carbonyl (C=O) groups excluding carboxylic acids is 2. The molecule has 0 N–H and O–H groups in total. The molecular formula is C15H16ClNO5. The van der Waals surface area contributed by atoms with Gasteiger partial charge in [0, 0.05) is 16.4 Å². The lowest BCUT2D eigenvalue weighted by atomic mass is 9.70. The number of nitrogens with zero attached hydrogens (tertiary/aromatic N) is 1. The van der Waals surface area contributed by atoms with Gasteiger partial charge in [-0.1, -0.05) is 23.7 Å². The highest BCUT2D eigenvalue weighted by Crippen LogP contribution is 2.47. The molecule has 0 amide bonds. The van der Waals surface area contributed by atoms with Crippen LogP contribution in [0.2, 0.25) is 5.02 Å². The first-order valence-electron chi connectivity index (χ1n) is 6.91. The number of methoxy groups -OCH3 is 1. The number of benzene rings is 1. The van der Waals surface area contributed by atoms with E-state index in [-0.39, 0.29) is 18.6 Å². The summed E-state index contributed by atoms with van der Waals surface area (Å²) in [5.74, 6) is -1.85. The van der Waals surface area contributed by atoms with Crippen molar-refractivity contribution in [1.29, 1.82) is 0 Å². The maximum absolute atomic E-state index is 12.4. The quantitative estimate of drug-likeness (QED) is 0.359. The topological polar surface area (TPSA) is 86.5 Å². The van der Waals surface area contributed by atoms with E-state index in [0.717, 1.165) is 0 Å². The summed E-state index contributed by atoms with van der Waals surface area (Å²) in [7, 11) is 1.20. The van der Waals surface area contributed by atoms with Gasteiger partial charge in [0.15, 0.2) is 5.78 Å². The lowest BCUT2D eigenvalue weighted by molar-refractivity contribution is -0.485. The molecule has 1 aromatic carbocycles. The van der Waals surface area contributed by atoms with Crippen LogP contribution in [0.5, 0.6) is 0 Å². The Morgan fingerprint density at radius 1 is 1.45 bits per heavy atom. The highest BCUT2D eigenvalue weighted by atomic mass is 35.5. The van der Waals surface area contributed by atoms with Crippen molar-refractivity contribution in [1.82, 2.24) is 0 Å². The summed E-state index contributed by atoms with van der Waals surface area (Å²) in [5, 5.41) is 11.6. The highest BCUT2D eigenvalue weighted by molar-refractivity contribution is 6.30. The molecule has 0 spiro atoms. The van der Waals surface area contributed by atoms with Gasteiger partial charge in [-0.25, -0.2) is 0 Å². The summed E-state index contributed by atoms with van der Waals surface area (Å²) in [4.78, 5) is 35.3. The van der Waals surface area contributed by atoms with Crippen LogP contribution in [-0.4, -0.2) is 30.3 Å². The average molecular weight is 326 g/mol. The van der Waals surface area contributed by atoms with Crippen molar-refractivity contribution >= 4 is 23.4 Å². The molecule has 1 aromatic rings. The van der Waals surface area contributed by atoms with E-state index in [4.69, 9.17) is 16.3 Å². The lowest BCUT2D eigenvalue weighted by Gasteiger charge is -2.31. The third-order valence-corrected chi connectivity index (χ3v) is 4.47. The van der Waals surface area contributed by atoms with Crippen molar-refractivity contribution in [2.45, 2.75) is 25.2 Å². The van der Waals surface area contributed by atoms with Crippen LogP contribution in [0.3, 0.4) is 0 Å². The van der Waals surface area contributed by atoms with Gasteiger partial charge in [-0.15, -0.1) is 0 Å². The molecule has 1 saturated carbocycles. The Hall–Kier alpha value is -1.95. The Morgan fingerprint density at radius 3 is 2.55 bits per heavy atom. The van der Waals surface area contributed by atoms with E-state index in [1.807, 2.05) is 0 Å². The summed E-state index contributed by atoms with van der Waals surface area (Å²) in [6.07, 6.45) is 1.02. The predicted octanol–water partition coefficient (Wildman–Crippen LogP) is 2.61. The normalized spacial score (nSPS) is 22.4. The van der Waals surface area contributed by atoms with Gasteiger partial charge in [-0.2, -0.15) is 0 Å². The van der Waals surface area contributed by atoms with E-state index in [0.29, 0.717) is 17.0 Å². The number of carbonyl (C=O) groups is 2. The number of esters is 1. The van der Waals surface area contributed by atoms with Gasteiger partial charge in [0.05, 0.1) is 13.0 Å². The second-order valence-corrected chi connectivity index (χ2v) is 5.80. The van der Waals surface area contributed by atoms with Crippen molar-refractivity contribution in [2.24, 2.45) is 5.41 Å². The number of rotatable bonds is 5. The Bertz CT molecular complexity index is 600. The number of hydrogen-bond acceptors (Lipinski definition) is 5. The largest absolute Gasteiger partial charge is 0.468 e. The zero-order valence-corrected chi connectivity index (χ0v) is 12.8. The van der Waals surface area contributed by atoms with Crippen molar-refractivity contribution in [3.63, 3.8) is 0 Å². The van der Waals surface area contributed by atoms with Crippen LogP contribution in [0.1, 0.15) is 30.7 Å². The van der Waals surface area contributed by atoms with Gasteiger partial charge in [0.25, 0.3) is 0 Å². The molecule has 6 nitrogen and oxygen atoms in total. The Balaban J connectivity index is 2.54. The van der Waals surface area contributed by atoms with Gasteiger partial charge < -0.3 is 4.74 Å². The third kappa shape index (κ3) is 2.83. The zero-order valence-electron chi connectivity index (χ0n) is 12.1. The van der Waals surface area contributed by atoms with Gasteiger partial charge in [0.2, 0.25) is 6.54 Å². The minimum Gasteiger partial charge on any atom is -0.468 e. The van der Waals surface area contributed by atoms with Crippen LogP contribution in [0.4, 0.5) is 0 Å². The highest BCUT2D eigenvalue weighted by Gasteiger charge is 2.57. The first-order chi connectivity index (χ1) is 10.4. The van der Waals surface area contributed by atoms with Crippen LogP contribution in [0.25, 0.3) is 0 Å². The second-order valence-electron chi connectivity index (χ2n) is 5.36. The third-order valence-electron chi connectivity index (χ3n) is 4.22. The molecule has 22 heavy (non-hydrogen) atoms. The maximum Gasteiger partial charge on any atom is 0.320 e. The van der Waals surface area contributed by atoms with E-state index in [9.17, 15) is 19.7 Å². The second kappa shape index (κ2) is 6.44. The molecule has 0 heterocycles. The molecule has 0 saturated heterocycles. The SMILES string of the molecule is COC(=O)[C@@]1([C@@H](C[N+](=O)[O-])c2ccc(Cl)cc2)CCCC1=O. The fourth-order valence-electron chi connectivity index (χ4n) is 3.19. The lowest BCUT2D eigenvalue weighted by Crippen LogP contribution is -2.44. The molecule has 0 aliphatic heterocycles. The predicted molar refractivity (Wildman–Crippen MR) is 79.4 cm³/mol. The molecule has 0 aromatic heterocycles. The van der Waals surface area contributed by atoms with E-state index >= 15 is 0 Å². The van der Waals surface area contributed by atoms with Crippen LogP contribution in [0.15, 0.2) is 24.3 Å². The average Bonchev–Trinajstić information content (AvgIpc) is 2.87. The fourth-order valence-corrected chi connectivity index (χ4v) is 3.32. The standard InChI is InChI=1S/C15H16ClNO5/c1-22-14(19)15(8-2-3-13(15)18)12(9-17(20)21)10-4-6-11(16)7-5-10/h4-7,12H,2-3,8-9H2,1H3/t12-,15+/m0/s1. The van der Waals surface area contributed by atoms with Crippen LogP contribution in [-0.2, 0) is 14.3 Å². The number of ether oxygens (including phenoxy) is 1. The number of ketones is 1. The zero-order chi connectivity index (χ0) is 16.3.